The summed E-state index contributed by atoms with van der Waals surface area (Å²) in [5.74, 6) is -1.19. The monoisotopic (exact) mass is 350 g/mol. The molecule has 0 aromatic carbocycles. The van der Waals surface area contributed by atoms with Crippen LogP contribution in [0.5, 0.6) is 0 Å². The first-order valence-electron chi connectivity index (χ1n) is 7.84. The van der Waals surface area contributed by atoms with Gasteiger partial charge in [-0.05, 0) is 24.3 Å². The van der Waals surface area contributed by atoms with Crippen LogP contribution < -0.4 is 16.4 Å². The highest BCUT2D eigenvalue weighted by Crippen LogP contribution is 2.21. The summed E-state index contributed by atoms with van der Waals surface area (Å²) in [6, 6.07) is 3.13. The number of nitrogens with one attached hydrogen (secondary N) is 2. The molecule has 3 rings (SSSR count). The van der Waals surface area contributed by atoms with Crippen molar-refractivity contribution in [3.8, 4) is 10.8 Å². The summed E-state index contributed by atoms with van der Waals surface area (Å²) in [6.45, 7) is -0.369. The van der Waals surface area contributed by atoms with E-state index in [9.17, 15) is 14.4 Å². The maximum absolute atomic E-state index is 11.9. The molecule has 2 aromatic heterocycles. The normalized spacial score (nSPS) is 15.2. The molecule has 2 N–H and O–H groups in total. The highest BCUT2D eigenvalue weighted by molar-refractivity contribution is 7.13. The number of carbonyl (C=O) groups excluding carboxylic acids is 2. The van der Waals surface area contributed by atoms with E-state index in [4.69, 9.17) is 4.42 Å². The van der Waals surface area contributed by atoms with E-state index in [0.717, 1.165) is 30.4 Å². The van der Waals surface area contributed by atoms with Gasteiger partial charge in [0, 0.05) is 6.04 Å². The molecule has 0 aliphatic heterocycles. The lowest BCUT2D eigenvalue weighted by molar-refractivity contribution is -0.120. The van der Waals surface area contributed by atoms with Crippen LogP contribution in [-0.2, 0) is 11.3 Å². The van der Waals surface area contributed by atoms with Gasteiger partial charge in [0.15, 0.2) is 0 Å². The second-order valence-electron chi connectivity index (χ2n) is 5.66. The van der Waals surface area contributed by atoms with Gasteiger partial charge in [-0.25, -0.2) is 9.59 Å². The Kier molecular flexibility index (Phi) is 5.09. The maximum Gasteiger partial charge on any atom is 0.437 e. The minimum Gasteiger partial charge on any atom is -0.387 e. The fourth-order valence-electron chi connectivity index (χ4n) is 2.68. The first-order valence-corrected chi connectivity index (χ1v) is 8.72. The highest BCUT2D eigenvalue weighted by atomic mass is 32.1. The van der Waals surface area contributed by atoms with Crippen molar-refractivity contribution in [1.82, 2.24) is 20.4 Å². The average molecular weight is 350 g/mol. The van der Waals surface area contributed by atoms with Crippen LogP contribution in [-0.4, -0.2) is 27.8 Å². The zero-order valence-electron chi connectivity index (χ0n) is 13.0. The number of thiophene rings is 1. The third kappa shape index (κ3) is 4.10. The van der Waals surface area contributed by atoms with Crippen molar-refractivity contribution < 1.29 is 14.0 Å². The maximum atomic E-state index is 11.9. The second-order valence-corrected chi connectivity index (χ2v) is 6.61. The lowest BCUT2D eigenvalue weighted by Gasteiger charge is -2.22. The minimum absolute atomic E-state index is 0.103. The van der Waals surface area contributed by atoms with E-state index in [1.807, 2.05) is 5.38 Å². The Hall–Kier alpha value is -2.42. The van der Waals surface area contributed by atoms with E-state index in [0.29, 0.717) is 4.88 Å². The van der Waals surface area contributed by atoms with Gasteiger partial charge in [0.1, 0.15) is 6.54 Å². The Morgan fingerprint density at radius 1 is 1.33 bits per heavy atom. The molecule has 0 bridgehead atoms. The van der Waals surface area contributed by atoms with Crippen LogP contribution in [0.3, 0.4) is 0 Å². The van der Waals surface area contributed by atoms with Gasteiger partial charge in [-0.3, -0.25) is 10.1 Å². The van der Waals surface area contributed by atoms with Gasteiger partial charge in [0.2, 0.25) is 5.91 Å². The molecule has 0 unspecified atom stereocenters. The van der Waals surface area contributed by atoms with E-state index < -0.39 is 17.7 Å². The first-order chi connectivity index (χ1) is 11.6. The molecular weight excluding hydrogens is 332 g/mol. The van der Waals surface area contributed by atoms with Crippen LogP contribution in [0.2, 0.25) is 0 Å². The van der Waals surface area contributed by atoms with Gasteiger partial charge in [0.05, 0.1) is 4.88 Å². The summed E-state index contributed by atoms with van der Waals surface area (Å²) in [5.41, 5.74) is 0. The molecule has 3 amide bonds. The molecule has 1 aliphatic rings. The Morgan fingerprint density at radius 2 is 2.12 bits per heavy atom. The van der Waals surface area contributed by atoms with Crippen molar-refractivity contribution in [3.05, 3.63) is 28.1 Å². The van der Waals surface area contributed by atoms with Gasteiger partial charge in [-0.1, -0.05) is 25.3 Å². The largest absolute Gasteiger partial charge is 0.437 e. The number of nitrogens with zero attached hydrogens (tertiary/aromatic N) is 2. The summed E-state index contributed by atoms with van der Waals surface area (Å²) in [7, 11) is 0. The lowest BCUT2D eigenvalue weighted by atomic mass is 9.96. The van der Waals surface area contributed by atoms with Gasteiger partial charge < -0.3 is 9.73 Å². The van der Waals surface area contributed by atoms with Crippen molar-refractivity contribution >= 4 is 23.3 Å². The Balaban J connectivity index is 1.55. The molecule has 9 heteroatoms. The number of urea groups is 1. The Morgan fingerprint density at radius 3 is 2.83 bits per heavy atom. The molecule has 1 fully saturated rings. The smallest absolute Gasteiger partial charge is 0.387 e. The van der Waals surface area contributed by atoms with Crippen molar-refractivity contribution in [1.29, 1.82) is 0 Å². The molecule has 0 atom stereocenters. The SMILES string of the molecule is O=C(Cn1nc(-c2cccs2)oc1=O)NC(=O)NC1CCCCC1. The predicted molar refractivity (Wildman–Crippen MR) is 87.6 cm³/mol. The summed E-state index contributed by atoms with van der Waals surface area (Å²) in [4.78, 5) is 36.1. The van der Waals surface area contributed by atoms with E-state index in [1.165, 1.54) is 17.8 Å². The summed E-state index contributed by atoms with van der Waals surface area (Å²) < 4.78 is 5.91. The van der Waals surface area contributed by atoms with Crippen LogP contribution in [0.1, 0.15) is 32.1 Å². The van der Waals surface area contributed by atoms with Crippen molar-refractivity contribution in [3.63, 3.8) is 0 Å². The molecule has 8 nitrogen and oxygen atoms in total. The van der Waals surface area contributed by atoms with E-state index in [2.05, 4.69) is 15.7 Å². The summed E-state index contributed by atoms with van der Waals surface area (Å²) >= 11 is 1.37. The van der Waals surface area contributed by atoms with Crippen molar-refractivity contribution in [2.75, 3.05) is 0 Å². The average Bonchev–Trinajstić information content (AvgIpc) is 3.18. The number of carbonyl (C=O) groups is 2. The molecule has 24 heavy (non-hydrogen) atoms. The summed E-state index contributed by atoms with van der Waals surface area (Å²) in [6.07, 6.45) is 5.20. The molecule has 0 saturated heterocycles. The Labute approximate surface area is 141 Å². The van der Waals surface area contributed by atoms with Gasteiger partial charge in [-0.15, -0.1) is 16.4 Å². The molecule has 2 heterocycles. The number of amides is 3. The molecule has 1 aliphatic carbocycles. The standard InChI is InChI=1S/C15H18N4O4S/c20-12(17-14(21)16-10-5-2-1-3-6-10)9-19-15(22)23-13(18-19)11-7-4-8-24-11/h4,7-8,10H,1-3,5-6,9H2,(H2,16,17,20,21). The number of hydrogen-bond acceptors (Lipinski definition) is 6. The minimum atomic E-state index is -0.735. The quantitative estimate of drug-likeness (QED) is 0.873. The number of aromatic nitrogens is 2. The van der Waals surface area contributed by atoms with Crippen LogP contribution in [0.4, 0.5) is 4.79 Å². The Bertz CT molecular complexity index is 759. The lowest BCUT2D eigenvalue weighted by Crippen LogP contribution is -2.46. The molecule has 128 valence electrons. The van der Waals surface area contributed by atoms with Gasteiger partial charge in [-0.2, -0.15) is 4.68 Å². The molecule has 0 radical (unpaired) electrons. The third-order valence-corrected chi connectivity index (χ3v) is 4.68. The van der Waals surface area contributed by atoms with Crippen LogP contribution in [0, 0.1) is 0 Å². The summed E-state index contributed by atoms with van der Waals surface area (Å²) in [5, 5.41) is 10.8. The van der Waals surface area contributed by atoms with E-state index in [1.54, 1.807) is 12.1 Å². The fraction of sp³-hybridized carbons (Fsp3) is 0.467. The fourth-order valence-corrected chi connectivity index (χ4v) is 3.32. The van der Waals surface area contributed by atoms with Crippen LogP contribution in [0.25, 0.3) is 10.8 Å². The highest BCUT2D eigenvalue weighted by Gasteiger charge is 2.18. The van der Waals surface area contributed by atoms with Gasteiger partial charge >= 0.3 is 11.8 Å². The van der Waals surface area contributed by atoms with Crippen LogP contribution in [0.15, 0.2) is 26.7 Å². The van der Waals surface area contributed by atoms with E-state index in [-0.39, 0.29) is 18.5 Å². The van der Waals surface area contributed by atoms with Gasteiger partial charge in [0.25, 0.3) is 5.89 Å². The molecular formula is C15H18N4O4S. The topological polar surface area (TPSA) is 106 Å². The third-order valence-electron chi connectivity index (χ3n) is 3.82. The van der Waals surface area contributed by atoms with Crippen molar-refractivity contribution in [2.24, 2.45) is 0 Å². The zero-order chi connectivity index (χ0) is 16.9. The number of rotatable bonds is 4. The second kappa shape index (κ2) is 7.43. The van der Waals surface area contributed by atoms with Crippen molar-refractivity contribution in [2.45, 2.75) is 44.7 Å². The predicted octanol–water partition coefficient (Wildman–Crippen LogP) is 1.72. The number of hydrogen-bond donors (Lipinski definition) is 2. The zero-order valence-corrected chi connectivity index (χ0v) is 13.8. The number of imide groups is 1. The molecule has 1 saturated carbocycles. The first kappa shape index (κ1) is 16.4. The van der Waals surface area contributed by atoms with Crippen LogP contribution >= 0.6 is 11.3 Å². The molecule has 0 spiro atoms. The van der Waals surface area contributed by atoms with E-state index >= 15 is 0 Å². The molecule has 2 aromatic rings.